The number of nitrogens with one attached hydrogen (secondary N) is 2. The summed E-state index contributed by atoms with van der Waals surface area (Å²) in [4.78, 5) is 24.9. The van der Waals surface area contributed by atoms with Gasteiger partial charge in [0, 0.05) is 5.56 Å². The molecule has 10 heteroatoms. The zero-order valence-corrected chi connectivity index (χ0v) is 15.0. The first-order valence-electron chi connectivity index (χ1n) is 8.38. The quantitative estimate of drug-likeness (QED) is 0.532. The number of urea groups is 1. The number of alkyl halides is 3. The average molecular weight is 412 g/mol. The number of Topliss-reactive ketones (excluding diaryl/α,β-unsaturated/α-hetero) is 1. The number of carbonyl (C=O) groups excluding carboxylic acids is 2. The lowest BCUT2D eigenvalue weighted by Gasteiger charge is -2.45. The van der Waals surface area contributed by atoms with Crippen molar-refractivity contribution in [3.8, 4) is 5.75 Å². The van der Waals surface area contributed by atoms with Crippen LogP contribution in [0.1, 0.15) is 22.0 Å². The van der Waals surface area contributed by atoms with E-state index in [1.165, 1.54) is 36.7 Å². The number of ketones is 1. The fraction of sp³-hybridized carbons (Fsp3) is 0.263. The van der Waals surface area contributed by atoms with Crippen LogP contribution >= 0.6 is 0 Å². The normalized spacial score (nSPS) is 24.4. The first-order valence-corrected chi connectivity index (χ1v) is 8.38. The Balaban J connectivity index is 2.13. The number of hydrogen-bond acceptors (Lipinski definition) is 4. The molecule has 0 spiro atoms. The standard InChI is InChI=1S/C19H16F4N2O4/c1-29-13-8-4-10(5-9-13)15-14(16(26)11-2-6-12(20)7-3-11)18(28,19(21,22)23)25-17(27)24-15/h2-9,14-15,28H,1H3,(H2,24,25,27)/t14-,15+,18-/m1/s1. The van der Waals surface area contributed by atoms with Crippen molar-refractivity contribution in [2.45, 2.75) is 17.9 Å². The van der Waals surface area contributed by atoms with Gasteiger partial charge in [0.2, 0.25) is 5.72 Å². The van der Waals surface area contributed by atoms with Crippen LogP contribution in [-0.2, 0) is 0 Å². The minimum atomic E-state index is -5.37. The second-order valence-corrected chi connectivity index (χ2v) is 6.46. The SMILES string of the molecule is COc1ccc([C@@H]2NC(=O)N[C@](O)(C(F)(F)F)[C@H]2C(=O)c2ccc(F)cc2)cc1. The fourth-order valence-electron chi connectivity index (χ4n) is 3.22. The van der Waals surface area contributed by atoms with Crippen molar-refractivity contribution in [2.24, 2.45) is 5.92 Å². The van der Waals surface area contributed by atoms with E-state index in [4.69, 9.17) is 4.74 Å². The van der Waals surface area contributed by atoms with Crippen LogP contribution in [0.2, 0.25) is 0 Å². The van der Waals surface area contributed by atoms with E-state index in [0.717, 1.165) is 24.3 Å². The monoisotopic (exact) mass is 412 g/mol. The Bertz CT molecular complexity index is 915. The van der Waals surface area contributed by atoms with Gasteiger partial charge in [0.1, 0.15) is 17.5 Å². The Kier molecular flexibility index (Phi) is 5.22. The number of benzene rings is 2. The van der Waals surface area contributed by atoms with Crippen LogP contribution in [0.4, 0.5) is 22.4 Å². The highest BCUT2D eigenvalue weighted by molar-refractivity contribution is 6.00. The van der Waals surface area contributed by atoms with Gasteiger partial charge in [-0.2, -0.15) is 13.2 Å². The second-order valence-electron chi connectivity index (χ2n) is 6.46. The minimum Gasteiger partial charge on any atom is -0.497 e. The Hall–Kier alpha value is -3.14. The molecule has 0 bridgehead atoms. The van der Waals surface area contributed by atoms with Crippen LogP contribution in [0.5, 0.6) is 5.75 Å². The van der Waals surface area contributed by atoms with Gasteiger partial charge in [-0.3, -0.25) is 4.79 Å². The predicted molar refractivity (Wildman–Crippen MR) is 92.6 cm³/mol. The van der Waals surface area contributed by atoms with Crippen molar-refractivity contribution in [2.75, 3.05) is 7.11 Å². The van der Waals surface area contributed by atoms with E-state index in [1.807, 2.05) is 0 Å². The van der Waals surface area contributed by atoms with Gasteiger partial charge in [-0.1, -0.05) is 12.1 Å². The molecule has 1 aliphatic rings. The van der Waals surface area contributed by atoms with Crippen LogP contribution in [-0.4, -0.2) is 35.9 Å². The van der Waals surface area contributed by atoms with Crippen molar-refractivity contribution >= 4 is 11.8 Å². The van der Waals surface area contributed by atoms with Crippen molar-refractivity contribution in [1.82, 2.24) is 10.6 Å². The highest BCUT2D eigenvalue weighted by Crippen LogP contribution is 2.44. The maximum absolute atomic E-state index is 13.8. The third-order valence-corrected chi connectivity index (χ3v) is 4.69. The maximum atomic E-state index is 13.8. The molecule has 3 rings (SSSR count). The zero-order valence-electron chi connectivity index (χ0n) is 15.0. The van der Waals surface area contributed by atoms with Gasteiger partial charge in [-0.25, -0.2) is 9.18 Å². The molecular weight excluding hydrogens is 396 g/mol. The van der Waals surface area contributed by atoms with E-state index in [9.17, 15) is 32.3 Å². The molecule has 1 saturated heterocycles. The first kappa shape index (κ1) is 20.6. The molecule has 0 radical (unpaired) electrons. The molecule has 2 amide bonds. The molecule has 6 nitrogen and oxygen atoms in total. The molecule has 0 aromatic heterocycles. The van der Waals surface area contributed by atoms with E-state index in [-0.39, 0.29) is 11.1 Å². The molecule has 0 saturated carbocycles. The van der Waals surface area contributed by atoms with Crippen molar-refractivity contribution in [3.05, 3.63) is 65.5 Å². The fourth-order valence-corrected chi connectivity index (χ4v) is 3.22. The van der Waals surface area contributed by atoms with Crippen LogP contribution in [0.15, 0.2) is 48.5 Å². The maximum Gasteiger partial charge on any atom is 0.437 e. The summed E-state index contributed by atoms with van der Waals surface area (Å²) in [6.07, 6.45) is -5.37. The van der Waals surface area contributed by atoms with Crippen LogP contribution in [0, 0.1) is 11.7 Å². The predicted octanol–water partition coefficient (Wildman–Crippen LogP) is 2.94. The molecule has 3 atom stereocenters. The summed E-state index contributed by atoms with van der Waals surface area (Å²) in [6, 6.07) is 6.66. The summed E-state index contributed by atoms with van der Waals surface area (Å²) in [5.74, 6) is -3.59. The summed E-state index contributed by atoms with van der Waals surface area (Å²) in [7, 11) is 1.39. The van der Waals surface area contributed by atoms with Gasteiger partial charge in [0.05, 0.1) is 13.2 Å². The molecule has 1 fully saturated rings. The number of halogens is 4. The van der Waals surface area contributed by atoms with E-state index in [1.54, 1.807) is 0 Å². The number of methoxy groups -OCH3 is 1. The van der Waals surface area contributed by atoms with Crippen LogP contribution in [0.3, 0.4) is 0 Å². The summed E-state index contributed by atoms with van der Waals surface area (Å²) in [5, 5.41) is 14.1. The Morgan fingerprint density at radius 3 is 2.21 bits per heavy atom. The lowest BCUT2D eigenvalue weighted by Crippen LogP contribution is -2.72. The summed E-state index contributed by atoms with van der Waals surface area (Å²) < 4.78 is 59.5. The summed E-state index contributed by atoms with van der Waals surface area (Å²) >= 11 is 0. The molecule has 3 N–H and O–H groups in total. The molecule has 2 aromatic carbocycles. The highest BCUT2D eigenvalue weighted by Gasteiger charge is 2.66. The van der Waals surface area contributed by atoms with Crippen LogP contribution in [0.25, 0.3) is 0 Å². The van der Waals surface area contributed by atoms with Gasteiger partial charge in [0.15, 0.2) is 5.78 Å². The largest absolute Gasteiger partial charge is 0.497 e. The third kappa shape index (κ3) is 3.75. The van der Waals surface area contributed by atoms with E-state index in [2.05, 4.69) is 5.32 Å². The molecule has 1 aliphatic heterocycles. The molecule has 1 heterocycles. The third-order valence-electron chi connectivity index (χ3n) is 4.69. The smallest absolute Gasteiger partial charge is 0.437 e. The molecule has 0 unspecified atom stereocenters. The van der Waals surface area contributed by atoms with E-state index >= 15 is 0 Å². The Morgan fingerprint density at radius 1 is 1.10 bits per heavy atom. The van der Waals surface area contributed by atoms with E-state index in [0.29, 0.717) is 5.75 Å². The molecular formula is C19H16F4N2O4. The highest BCUT2D eigenvalue weighted by atomic mass is 19.4. The van der Waals surface area contributed by atoms with Gasteiger partial charge < -0.3 is 20.5 Å². The van der Waals surface area contributed by atoms with Crippen molar-refractivity contribution < 1.29 is 37.0 Å². The minimum absolute atomic E-state index is 0.142. The molecule has 154 valence electrons. The van der Waals surface area contributed by atoms with Gasteiger partial charge in [-0.05, 0) is 42.0 Å². The van der Waals surface area contributed by atoms with Gasteiger partial charge in [0.25, 0.3) is 0 Å². The molecule has 0 aliphatic carbocycles. The van der Waals surface area contributed by atoms with Gasteiger partial charge >= 0.3 is 12.2 Å². The Labute approximate surface area is 162 Å². The topological polar surface area (TPSA) is 87.7 Å². The summed E-state index contributed by atoms with van der Waals surface area (Å²) in [5.41, 5.74) is -3.95. The lowest BCUT2D eigenvalue weighted by molar-refractivity contribution is -0.287. The average Bonchev–Trinajstić information content (AvgIpc) is 2.67. The zero-order chi connectivity index (χ0) is 21.4. The number of carbonyl (C=O) groups is 2. The number of hydrogen-bond donors (Lipinski definition) is 3. The van der Waals surface area contributed by atoms with E-state index < -0.39 is 41.5 Å². The number of amides is 2. The van der Waals surface area contributed by atoms with Gasteiger partial charge in [-0.15, -0.1) is 0 Å². The number of rotatable bonds is 4. The van der Waals surface area contributed by atoms with Crippen LogP contribution < -0.4 is 15.4 Å². The first-order chi connectivity index (χ1) is 13.6. The van der Waals surface area contributed by atoms with Crippen molar-refractivity contribution in [1.29, 1.82) is 0 Å². The lowest BCUT2D eigenvalue weighted by atomic mass is 9.77. The molecule has 29 heavy (non-hydrogen) atoms. The Morgan fingerprint density at radius 2 is 1.69 bits per heavy atom. The summed E-state index contributed by atoms with van der Waals surface area (Å²) in [6.45, 7) is 0. The number of ether oxygens (including phenoxy) is 1. The van der Waals surface area contributed by atoms with Crippen molar-refractivity contribution in [3.63, 3.8) is 0 Å². The number of aliphatic hydroxyl groups is 1. The molecule has 2 aromatic rings. The second kappa shape index (κ2) is 7.36.